The Hall–Kier alpha value is -7.82. The largest absolute Gasteiger partial charge is 0.391 e. The molecule has 7 aromatic rings. The molecule has 0 bridgehead atoms. The van der Waals surface area contributed by atoms with Gasteiger partial charge in [-0.25, -0.2) is 15.0 Å². The molecule has 5 N–H and O–H groups in total. The summed E-state index contributed by atoms with van der Waals surface area (Å²) in [5.74, 6) is -1.92. The van der Waals surface area contributed by atoms with E-state index in [2.05, 4.69) is 37.7 Å². The van der Waals surface area contributed by atoms with E-state index in [-0.39, 0.29) is 141 Å². The molecule has 0 radical (unpaired) electrons. The number of thiazole rings is 3. The van der Waals surface area contributed by atoms with Crippen LogP contribution in [0.4, 0.5) is 0 Å². The maximum atomic E-state index is 14.4. The number of hydrogen-bond donors (Lipinski definition) is 5. The lowest BCUT2D eigenvalue weighted by Gasteiger charge is -2.35. The van der Waals surface area contributed by atoms with Gasteiger partial charge in [-0.3, -0.25) is 43.2 Å². The fourth-order valence-corrected chi connectivity index (χ4v) is 19.4. The number of carbonyl (C=O) groups excluding carboxylic acids is 9. The van der Waals surface area contributed by atoms with Gasteiger partial charge in [0.2, 0.25) is 29.5 Å². The van der Waals surface area contributed by atoms with Gasteiger partial charge >= 0.3 is 0 Å². The van der Waals surface area contributed by atoms with Crippen molar-refractivity contribution < 1.29 is 58.5 Å². The Labute approximate surface area is 659 Å². The summed E-state index contributed by atoms with van der Waals surface area (Å²) in [5, 5.41) is 38.3. The average Bonchev–Trinajstić information content (AvgIpc) is 1.25. The number of carbonyl (C=O) groups is 9. The third-order valence-electron chi connectivity index (χ3n) is 20.7. The van der Waals surface area contributed by atoms with Gasteiger partial charge in [-0.15, -0.1) is 34.0 Å². The highest BCUT2D eigenvalue weighted by molar-refractivity contribution is 8.76. The molecule has 3 aromatic heterocycles. The number of benzene rings is 4. The molecule has 0 unspecified atom stereocenters. The van der Waals surface area contributed by atoms with E-state index in [1.165, 1.54) is 36.3 Å². The van der Waals surface area contributed by atoms with E-state index in [1.54, 1.807) is 51.9 Å². The number of nitrogens with zero attached hydrogens (tertiary/aromatic N) is 7. The number of nitrogens with one attached hydrogen (secondary N) is 2. The van der Waals surface area contributed by atoms with Crippen molar-refractivity contribution in [3.8, 4) is 31.3 Å². The van der Waals surface area contributed by atoms with Crippen LogP contribution in [0.25, 0.3) is 31.3 Å². The standard InChI is InChI=1S/C52H68N6O8S4.C31H35N3O4S/c1-31(2)7-21-47(63)55-41(51(65)57-25-39(59)23-43(57)45(61)19-13-35-9-15-37(16-10-35)49-33(5)53-29-67-49)27-69-70-28-42(56-48(64)22-8-32(3)4)52(66)58-26-40(60)24-44(58)46(62)20-14-36-11-17-38(18-12-36)50-34(6)54-30-68-50;1-19(2)27(33-16-23-7-5-6-8-24(23)29(33)36)30(37)34-17-31(4,38)15-25(34)26(35)14-11-21-9-12-22(13-10-21)28-20(3)32-18-39-28/h9-12,15-18,29-32,39-44,59-60H,7-8,13-14,19-28H2,1-6H3,(H,55,63)(H,56,64);5-10,12-13,18-19,25,27,38H,11,14-17H2,1-4H3/t39-,40+,41+,42-,43+,44-;25-,27-,31-/m.0/s1. The zero-order valence-electron chi connectivity index (χ0n) is 63.9. The molecule has 582 valence electrons. The second-order valence-electron chi connectivity index (χ2n) is 30.7. The van der Waals surface area contributed by atoms with E-state index in [0.717, 1.165) is 70.7 Å². The highest BCUT2D eigenvalue weighted by Gasteiger charge is 2.50. The number of Topliss-reactive ketones (excluding diaryl/α,β-unsaturated/α-hetero) is 3. The molecule has 4 aliphatic heterocycles. The smallest absolute Gasteiger partial charge is 0.255 e. The number of aliphatic hydroxyl groups is 3. The van der Waals surface area contributed by atoms with Crippen LogP contribution in [0, 0.1) is 38.5 Å². The minimum atomic E-state index is -1.16. The number of rotatable bonds is 33. The molecular weight excluding hydrogens is 1480 g/mol. The van der Waals surface area contributed by atoms with Crippen molar-refractivity contribution in [2.75, 3.05) is 31.1 Å². The summed E-state index contributed by atoms with van der Waals surface area (Å²) in [7, 11) is 2.49. The number of amides is 6. The fourth-order valence-electron chi connectivity index (χ4n) is 14.6. The normalized spacial score (nSPS) is 19.8. The van der Waals surface area contributed by atoms with Gasteiger partial charge in [-0.05, 0) is 123 Å². The molecular formula is C83H103N9O12S5. The number of aryl methyl sites for hydroxylation is 6. The summed E-state index contributed by atoms with van der Waals surface area (Å²) < 4.78 is 0. The van der Waals surface area contributed by atoms with Gasteiger partial charge in [0.1, 0.15) is 18.1 Å². The van der Waals surface area contributed by atoms with Gasteiger partial charge in [0.15, 0.2) is 17.3 Å². The Bertz CT molecular complexity index is 4160. The number of ketones is 3. The number of hydrogen-bond acceptors (Lipinski definition) is 20. The summed E-state index contributed by atoms with van der Waals surface area (Å²) in [5.41, 5.74) is 14.9. The molecule has 4 aliphatic rings. The van der Waals surface area contributed by atoms with Gasteiger partial charge in [0.05, 0.1) is 90.7 Å². The van der Waals surface area contributed by atoms with Crippen LogP contribution in [-0.4, -0.2) is 188 Å². The summed E-state index contributed by atoms with van der Waals surface area (Å²) in [4.78, 5) is 146. The van der Waals surface area contributed by atoms with Gasteiger partial charge in [0, 0.05) is 88.1 Å². The number of likely N-dealkylation sites (tertiary alicyclic amines) is 3. The van der Waals surface area contributed by atoms with Crippen molar-refractivity contribution >= 4 is 108 Å². The number of aromatic nitrogens is 3. The second-order valence-corrected chi connectivity index (χ2v) is 35.8. The lowest BCUT2D eigenvalue weighted by molar-refractivity contribution is -0.143. The van der Waals surface area contributed by atoms with Crippen LogP contribution >= 0.6 is 55.6 Å². The third-order valence-corrected chi connectivity index (χ3v) is 26.0. The van der Waals surface area contributed by atoms with Crippen molar-refractivity contribution in [2.24, 2.45) is 17.8 Å². The first-order chi connectivity index (χ1) is 52.0. The van der Waals surface area contributed by atoms with Gasteiger partial charge in [0.25, 0.3) is 5.91 Å². The molecule has 21 nitrogen and oxygen atoms in total. The predicted molar refractivity (Wildman–Crippen MR) is 432 cm³/mol. The Morgan fingerprint density at radius 1 is 0.532 bits per heavy atom. The average molecular weight is 1580 g/mol. The molecule has 3 saturated heterocycles. The van der Waals surface area contributed by atoms with Crippen LogP contribution in [0.5, 0.6) is 0 Å². The quantitative estimate of drug-likeness (QED) is 0.0189. The second kappa shape index (κ2) is 38.4. The number of aliphatic hydroxyl groups excluding tert-OH is 2. The number of fused-ring (bicyclic) bond motifs is 1. The summed E-state index contributed by atoms with van der Waals surface area (Å²) in [6.45, 7) is 19.8. The first kappa shape index (κ1) is 83.6. The van der Waals surface area contributed by atoms with Crippen LogP contribution in [0.1, 0.15) is 162 Å². The molecule has 11 rings (SSSR count). The molecule has 26 heteroatoms. The third kappa shape index (κ3) is 22.1. The first-order valence-corrected chi connectivity index (χ1v) is 42.9. The van der Waals surface area contributed by atoms with Crippen molar-refractivity contribution in [2.45, 2.75) is 213 Å². The molecule has 0 aliphatic carbocycles. The molecule has 0 saturated carbocycles. The van der Waals surface area contributed by atoms with Crippen molar-refractivity contribution in [3.05, 3.63) is 158 Å². The lowest BCUT2D eigenvalue weighted by atomic mass is 9.96. The zero-order chi connectivity index (χ0) is 78.4. The monoisotopic (exact) mass is 1580 g/mol. The van der Waals surface area contributed by atoms with Crippen LogP contribution in [0.2, 0.25) is 0 Å². The molecule has 0 spiro atoms. The molecule has 3 fully saturated rings. The van der Waals surface area contributed by atoms with Gasteiger partial charge in [-0.1, -0.05) is 154 Å². The summed E-state index contributed by atoms with van der Waals surface area (Å²) in [6.07, 6.45) is 2.26. The fraction of sp³-hybridized carbons (Fsp3) is 0.494. The number of β-amino-alcohol motifs (C(OH)–C–C–N with tert-alkyl or cyclic N) is 3. The van der Waals surface area contributed by atoms with E-state index in [9.17, 15) is 58.5 Å². The van der Waals surface area contributed by atoms with Crippen molar-refractivity contribution in [3.63, 3.8) is 0 Å². The van der Waals surface area contributed by atoms with E-state index >= 15 is 0 Å². The SMILES string of the molecule is Cc1ncsc1-c1ccc(CCC(=O)[C@@H]2C[C@](C)(O)CN2C(=O)[C@H](C(C)C)N2Cc3ccccc3C2=O)cc1.Cc1ncsc1-c1ccc(CCC(=O)[C@H]2C[C@H](O)CN2C(=O)[C@@H](CSSC[C@H](NC(=O)CCC(C)C)C(=O)N2C[C@H](O)C[C@H]2C(=O)CCc2ccc(-c3scnc3C)cc2)NC(=O)CCC(C)C)cc1. The van der Waals surface area contributed by atoms with E-state index in [1.807, 2.05) is 158 Å². The topological polar surface area (TPSA) is 290 Å². The highest BCUT2D eigenvalue weighted by atomic mass is 33.1. The maximum Gasteiger partial charge on any atom is 0.255 e. The van der Waals surface area contributed by atoms with Crippen LogP contribution in [0.15, 0.2) is 114 Å². The van der Waals surface area contributed by atoms with Crippen molar-refractivity contribution in [1.82, 2.24) is 45.2 Å². The maximum absolute atomic E-state index is 14.4. The minimum Gasteiger partial charge on any atom is -0.391 e. The minimum absolute atomic E-state index is 0.0472. The summed E-state index contributed by atoms with van der Waals surface area (Å²) >= 11 is 4.75. The molecule has 4 aromatic carbocycles. The lowest BCUT2D eigenvalue weighted by Crippen LogP contribution is -2.54. The zero-order valence-corrected chi connectivity index (χ0v) is 68.0. The molecule has 6 amide bonds. The highest BCUT2D eigenvalue weighted by Crippen LogP contribution is 2.37. The van der Waals surface area contributed by atoms with Gasteiger partial charge < -0.3 is 45.6 Å². The Kier molecular flexibility index (Phi) is 29.5. The van der Waals surface area contributed by atoms with Crippen LogP contribution in [-0.2, 0) is 64.2 Å². The Morgan fingerprint density at radius 2 is 0.917 bits per heavy atom. The van der Waals surface area contributed by atoms with Crippen LogP contribution < -0.4 is 10.6 Å². The molecule has 109 heavy (non-hydrogen) atoms. The molecule has 9 atom stereocenters. The Morgan fingerprint density at radius 3 is 1.28 bits per heavy atom. The van der Waals surface area contributed by atoms with Gasteiger partial charge in [-0.2, -0.15) is 0 Å². The summed E-state index contributed by atoms with van der Waals surface area (Å²) in [6, 6.07) is 26.3. The first-order valence-electron chi connectivity index (χ1n) is 37.8. The van der Waals surface area contributed by atoms with Crippen LogP contribution in [0.3, 0.4) is 0 Å². The van der Waals surface area contributed by atoms with E-state index in [0.29, 0.717) is 44.2 Å². The van der Waals surface area contributed by atoms with Crippen molar-refractivity contribution in [1.29, 1.82) is 0 Å². The molecule has 7 heterocycles. The predicted octanol–water partition coefficient (Wildman–Crippen LogP) is 12.1. The van der Waals surface area contributed by atoms with E-state index < -0.39 is 65.9 Å². The Balaban J connectivity index is 0.000000272. The van der Waals surface area contributed by atoms with E-state index in [4.69, 9.17) is 0 Å².